The van der Waals surface area contributed by atoms with Crippen LogP contribution in [0.3, 0.4) is 0 Å². The van der Waals surface area contributed by atoms with E-state index in [1.54, 1.807) is 10.4 Å². The summed E-state index contributed by atoms with van der Waals surface area (Å²) in [4.78, 5) is 0. The molecule has 0 aromatic heterocycles. The van der Waals surface area contributed by atoms with Crippen LogP contribution in [0.1, 0.15) is 11.1 Å². The first-order chi connectivity index (χ1) is 26.8. The zero-order valence-electron chi connectivity index (χ0n) is 33.7. The van der Waals surface area contributed by atoms with Crippen LogP contribution in [0.2, 0.25) is 39.3 Å². The van der Waals surface area contributed by atoms with E-state index < -0.39 is 37.0 Å². The molecule has 0 amide bonds. The Morgan fingerprint density at radius 1 is 0.536 bits per heavy atom. The fourth-order valence-electron chi connectivity index (χ4n) is 7.67. The Morgan fingerprint density at radius 2 is 0.964 bits per heavy atom. The molecule has 0 saturated carbocycles. The van der Waals surface area contributed by atoms with Crippen molar-refractivity contribution in [1.29, 1.82) is 0 Å². The molecule has 0 saturated heterocycles. The molecule has 0 bridgehead atoms. The largest absolute Gasteiger partial charge is 0.184 e. The zero-order valence-corrected chi connectivity index (χ0v) is 40.7. The molecule has 6 heteroatoms. The number of hydrogen-bond donors (Lipinski definition) is 0. The Balaban J connectivity index is 0.000000140. The molecule has 1 aliphatic rings. The van der Waals surface area contributed by atoms with Gasteiger partial charge >= 0.3 is 37.9 Å². The van der Waals surface area contributed by atoms with Crippen molar-refractivity contribution < 1.29 is 20.8 Å². The van der Waals surface area contributed by atoms with Gasteiger partial charge in [0, 0.05) is 0 Å². The Hall–Kier alpha value is -3.35. The molecular weight excluding hydrogens is 847 g/mol. The van der Waals surface area contributed by atoms with Crippen molar-refractivity contribution in [2.75, 3.05) is 0 Å². The molecule has 56 heavy (non-hydrogen) atoms. The molecule has 282 valence electrons. The van der Waals surface area contributed by atoms with Gasteiger partial charge in [-0.2, -0.15) is 41.6 Å². The van der Waals surface area contributed by atoms with Gasteiger partial charge in [0.1, 0.15) is 0 Å². The van der Waals surface area contributed by atoms with Crippen LogP contribution in [0, 0.1) is 19.9 Å². The standard InChI is InChI=1S/2C19H21Si.C12H7Si.2ClH.Zr/c2*1-14-12-16-10-11-18(20(2,3)4)19(17(16)13-14)15-8-6-5-7-9-15;1-3-7-11-9(5-1)10-6-2-4-8-12(10)13-11;;;/h2*5-13H,1-4H3;1-7H;2*1H;/q3*-1;;;+2/p-2. The van der Waals surface area contributed by atoms with E-state index in [0.29, 0.717) is 0 Å². The fraction of sp³-hybridized carbons (Fsp3) is 0.160. The van der Waals surface area contributed by atoms with Gasteiger partial charge in [0.05, 0.1) is 25.7 Å². The molecule has 1 aliphatic heterocycles. The first-order valence-electron chi connectivity index (χ1n) is 19.2. The number of aryl methyl sites for hydroxylation is 2. The first-order valence-corrected chi connectivity index (χ1v) is 33.5. The monoisotopic (exact) mass is 893 g/mol. The van der Waals surface area contributed by atoms with E-state index in [9.17, 15) is 0 Å². The Labute approximate surface area is 358 Å². The van der Waals surface area contributed by atoms with Crippen molar-refractivity contribution in [1.82, 2.24) is 0 Å². The molecule has 9 rings (SSSR count). The average Bonchev–Trinajstić information content (AvgIpc) is 3.88. The smallest absolute Gasteiger partial charge is 0.0920 e. The summed E-state index contributed by atoms with van der Waals surface area (Å²) in [7, 11) is 7.93. The molecule has 0 unspecified atom stereocenters. The second kappa shape index (κ2) is 18.5. The van der Waals surface area contributed by atoms with Gasteiger partial charge in [-0.25, -0.2) is 0 Å². The number of fused-ring (bicyclic) bond motifs is 5. The van der Waals surface area contributed by atoms with E-state index in [4.69, 9.17) is 17.0 Å². The molecule has 0 N–H and O–H groups in total. The minimum atomic E-state index is -1.37. The first kappa shape index (κ1) is 42.3. The molecule has 0 atom stereocenters. The van der Waals surface area contributed by atoms with E-state index in [-0.39, 0.29) is 0 Å². The average molecular weight is 896 g/mol. The summed E-state index contributed by atoms with van der Waals surface area (Å²) in [6.07, 6.45) is 0. The third-order valence-electron chi connectivity index (χ3n) is 10.1. The van der Waals surface area contributed by atoms with E-state index >= 15 is 0 Å². The summed E-state index contributed by atoms with van der Waals surface area (Å²) >= 11 is -0.826. The van der Waals surface area contributed by atoms with Crippen LogP contribution in [-0.2, 0) is 20.8 Å². The predicted molar refractivity (Wildman–Crippen MR) is 253 cm³/mol. The van der Waals surface area contributed by atoms with E-state index in [0.717, 1.165) is 9.52 Å². The van der Waals surface area contributed by atoms with Crippen LogP contribution in [-0.4, -0.2) is 25.7 Å². The van der Waals surface area contributed by atoms with Gasteiger partial charge in [0.15, 0.2) is 0 Å². The minimum absolute atomic E-state index is 0.795. The molecule has 8 aromatic rings. The number of halogens is 2. The summed E-state index contributed by atoms with van der Waals surface area (Å²) in [6, 6.07) is 58.4. The Kier molecular flexibility index (Phi) is 14.0. The van der Waals surface area contributed by atoms with E-state index in [2.05, 4.69) is 205 Å². The molecular formula is C50H49Cl2Si3Zr-3. The van der Waals surface area contributed by atoms with Gasteiger partial charge in [-0.05, 0) is 11.1 Å². The molecule has 0 fully saturated rings. The van der Waals surface area contributed by atoms with Crippen molar-refractivity contribution in [2.45, 2.75) is 53.1 Å². The SMILES string of the molecule is Cc1cc2c(-c3ccccc3)c([Si](C)(C)C)ccc2[cH-]1.Cc1cc2c(-c3ccccc3)c([Si](C)(C)C)ccc2[cH-]1.[Cl][Zr][Cl].[c-]1cccc2c1[Si]c1ccccc1-2. The number of hydrogen-bond acceptors (Lipinski definition) is 0. The normalized spacial score (nSPS) is 11.7. The molecule has 0 aliphatic carbocycles. The van der Waals surface area contributed by atoms with Crippen LogP contribution >= 0.6 is 17.0 Å². The molecule has 0 spiro atoms. The second-order valence-electron chi connectivity index (χ2n) is 16.5. The van der Waals surface area contributed by atoms with Crippen LogP contribution in [0.5, 0.6) is 0 Å². The maximum atomic E-state index is 4.93. The molecule has 2 radical (unpaired) electrons. The van der Waals surface area contributed by atoms with Crippen LogP contribution in [0.15, 0.2) is 152 Å². The van der Waals surface area contributed by atoms with Crippen LogP contribution < -0.4 is 20.7 Å². The van der Waals surface area contributed by atoms with Crippen molar-refractivity contribution in [3.63, 3.8) is 0 Å². The van der Waals surface area contributed by atoms with Crippen molar-refractivity contribution in [2.24, 2.45) is 0 Å². The predicted octanol–water partition coefficient (Wildman–Crippen LogP) is 12.7. The topological polar surface area (TPSA) is 0 Å². The van der Waals surface area contributed by atoms with Gasteiger partial charge in [-0.1, -0.05) is 170 Å². The summed E-state index contributed by atoms with van der Waals surface area (Å²) in [5.74, 6) is 0. The maximum absolute atomic E-state index is 4.93. The maximum Gasteiger partial charge on any atom is 0.0920 e. The summed E-state index contributed by atoms with van der Waals surface area (Å²) in [5.41, 5.74) is 11.1. The van der Waals surface area contributed by atoms with Gasteiger partial charge < -0.3 is 0 Å². The molecule has 1 heterocycles. The summed E-state index contributed by atoms with van der Waals surface area (Å²) in [5, 5.41) is 11.5. The fourth-order valence-corrected chi connectivity index (χ4v) is 12.2. The summed E-state index contributed by atoms with van der Waals surface area (Å²) < 4.78 is 0. The van der Waals surface area contributed by atoms with Gasteiger partial charge in [0.2, 0.25) is 0 Å². The number of rotatable bonds is 4. The van der Waals surface area contributed by atoms with Crippen LogP contribution in [0.25, 0.3) is 54.9 Å². The third-order valence-corrected chi connectivity index (χ3v) is 15.6. The van der Waals surface area contributed by atoms with Crippen molar-refractivity contribution >= 4 is 85.0 Å². The second-order valence-corrected chi connectivity index (χ2v) is 31.6. The zero-order chi connectivity index (χ0) is 40.0. The Morgan fingerprint density at radius 3 is 1.43 bits per heavy atom. The molecule has 8 aromatic carbocycles. The van der Waals surface area contributed by atoms with E-state index in [1.807, 2.05) is 6.07 Å². The van der Waals surface area contributed by atoms with Gasteiger partial charge in [0.25, 0.3) is 0 Å². The van der Waals surface area contributed by atoms with Crippen molar-refractivity contribution in [3.05, 3.63) is 169 Å². The van der Waals surface area contributed by atoms with E-state index in [1.165, 1.54) is 76.4 Å². The van der Waals surface area contributed by atoms with Crippen LogP contribution in [0.4, 0.5) is 0 Å². The minimum Gasteiger partial charge on any atom is -0.184 e. The number of benzene rings is 6. The van der Waals surface area contributed by atoms with Gasteiger partial charge in [-0.15, -0.1) is 74.6 Å². The quantitative estimate of drug-likeness (QED) is 0.122. The summed E-state index contributed by atoms with van der Waals surface area (Å²) in [6.45, 7) is 18.9. The Bertz CT molecular complexity index is 2360. The van der Waals surface area contributed by atoms with Gasteiger partial charge in [-0.3, -0.25) is 0 Å². The van der Waals surface area contributed by atoms with Crippen molar-refractivity contribution in [3.8, 4) is 33.4 Å². The molecule has 0 nitrogen and oxygen atoms in total. The third kappa shape index (κ3) is 9.84.